The summed E-state index contributed by atoms with van der Waals surface area (Å²) >= 11 is 0. The van der Waals surface area contributed by atoms with Crippen molar-refractivity contribution in [2.45, 2.75) is 53.1 Å². The summed E-state index contributed by atoms with van der Waals surface area (Å²) in [5, 5.41) is 20.0. The van der Waals surface area contributed by atoms with Crippen molar-refractivity contribution in [1.82, 2.24) is 0 Å². The molecule has 0 bridgehead atoms. The molecule has 17 heavy (non-hydrogen) atoms. The lowest BCUT2D eigenvalue weighted by Crippen LogP contribution is -2.25. The zero-order valence-electron chi connectivity index (χ0n) is 11.5. The van der Waals surface area contributed by atoms with Crippen molar-refractivity contribution in [3.8, 4) is 0 Å². The Morgan fingerprint density at radius 2 is 1.94 bits per heavy atom. The van der Waals surface area contributed by atoms with Gasteiger partial charge in [-0.15, -0.1) is 0 Å². The third-order valence-corrected chi connectivity index (χ3v) is 5.13. The van der Waals surface area contributed by atoms with Gasteiger partial charge in [0.15, 0.2) is 0 Å². The molecule has 98 valence electrons. The van der Waals surface area contributed by atoms with E-state index in [4.69, 9.17) is 0 Å². The second-order valence-electron chi connectivity index (χ2n) is 6.77. The van der Waals surface area contributed by atoms with Crippen LogP contribution in [0.1, 0.15) is 47.0 Å². The highest BCUT2D eigenvalue weighted by molar-refractivity contribution is 5.30. The van der Waals surface area contributed by atoms with Gasteiger partial charge in [0.1, 0.15) is 0 Å². The van der Waals surface area contributed by atoms with Crippen LogP contribution in [0.3, 0.4) is 0 Å². The molecule has 0 aromatic carbocycles. The Morgan fingerprint density at radius 1 is 1.29 bits per heavy atom. The SMILES string of the molecule is CC1=C2C(CC(C)(C)C2O)C(C)CCC1CO. The van der Waals surface area contributed by atoms with Crippen LogP contribution in [0.5, 0.6) is 0 Å². The van der Waals surface area contributed by atoms with Crippen LogP contribution < -0.4 is 0 Å². The third-order valence-electron chi connectivity index (χ3n) is 5.13. The van der Waals surface area contributed by atoms with Crippen LogP contribution in [0.2, 0.25) is 0 Å². The summed E-state index contributed by atoms with van der Waals surface area (Å²) in [6, 6.07) is 0. The van der Waals surface area contributed by atoms with Gasteiger partial charge in [0, 0.05) is 12.5 Å². The van der Waals surface area contributed by atoms with Crippen LogP contribution in [0.4, 0.5) is 0 Å². The minimum Gasteiger partial charge on any atom is -0.396 e. The molecule has 0 radical (unpaired) electrons. The van der Waals surface area contributed by atoms with Crippen LogP contribution in [0, 0.1) is 23.2 Å². The maximum absolute atomic E-state index is 10.5. The van der Waals surface area contributed by atoms with Crippen LogP contribution in [0.25, 0.3) is 0 Å². The predicted octanol–water partition coefficient (Wildman–Crippen LogP) is 2.75. The molecule has 0 aliphatic heterocycles. The van der Waals surface area contributed by atoms with E-state index in [2.05, 4.69) is 27.7 Å². The molecule has 1 saturated carbocycles. The summed E-state index contributed by atoms with van der Waals surface area (Å²) in [6.07, 6.45) is 3.00. The molecule has 0 spiro atoms. The smallest absolute Gasteiger partial charge is 0.0806 e. The van der Waals surface area contributed by atoms with E-state index in [9.17, 15) is 10.2 Å². The summed E-state index contributed by atoms with van der Waals surface area (Å²) in [7, 11) is 0. The average molecular weight is 238 g/mol. The number of aliphatic hydroxyl groups excluding tert-OH is 2. The fraction of sp³-hybridized carbons (Fsp3) is 0.867. The van der Waals surface area contributed by atoms with Crippen molar-refractivity contribution >= 4 is 0 Å². The zero-order valence-corrected chi connectivity index (χ0v) is 11.5. The highest BCUT2D eigenvalue weighted by Gasteiger charge is 2.47. The van der Waals surface area contributed by atoms with E-state index in [0.717, 1.165) is 12.8 Å². The van der Waals surface area contributed by atoms with Gasteiger partial charge in [0.05, 0.1) is 6.10 Å². The molecule has 0 saturated heterocycles. The first-order chi connectivity index (χ1) is 7.88. The molecule has 2 aliphatic carbocycles. The highest BCUT2D eigenvalue weighted by atomic mass is 16.3. The summed E-state index contributed by atoms with van der Waals surface area (Å²) in [6.45, 7) is 8.96. The molecule has 1 fully saturated rings. The highest BCUT2D eigenvalue weighted by Crippen LogP contribution is 2.52. The number of aliphatic hydroxyl groups is 2. The molecule has 0 heterocycles. The standard InChI is InChI=1S/C15H26O2/c1-9-5-6-11(8-16)10(2)13-12(9)7-15(3,4)14(13)17/h9,11-12,14,16-17H,5-8H2,1-4H3. The summed E-state index contributed by atoms with van der Waals surface area (Å²) < 4.78 is 0. The lowest BCUT2D eigenvalue weighted by molar-refractivity contribution is 0.101. The third kappa shape index (κ3) is 2.06. The first-order valence-corrected chi connectivity index (χ1v) is 6.88. The molecule has 2 heteroatoms. The number of rotatable bonds is 1. The molecule has 2 N–H and O–H groups in total. The van der Waals surface area contributed by atoms with Gasteiger partial charge < -0.3 is 10.2 Å². The number of hydrogen-bond donors (Lipinski definition) is 2. The van der Waals surface area contributed by atoms with Gasteiger partial charge in [0.25, 0.3) is 0 Å². The van der Waals surface area contributed by atoms with E-state index in [-0.39, 0.29) is 24.0 Å². The first kappa shape index (κ1) is 13.1. The Morgan fingerprint density at radius 3 is 2.53 bits per heavy atom. The van der Waals surface area contributed by atoms with Crippen molar-refractivity contribution < 1.29 is 10.2 Å². The number of fused-ring (bicyclic) bond motifs is 1. The van der Waals surface area contributed by atoms with E-state index in [1.807, 2.05) is 0 Å². The zero-order chi connectivity index (χ0) is 12.8. The molecule has 0 aromatic heterocycles. The van der Waals surface area contributed by atoms with Gasteiger partial charge in [-0.3, -0.25) is 0 Å². The molecular formula is C15H26O2. The fourth-order valence-electron chi connectivity index (χ4n) is 3.77. The van der Waals surface area contributed by atoms with Crippen molar-refractivity contribution in [3.63, 3.8) is 0 Å². The molecule has 4 atom stereocenters. The quantitative estimate of drug-likeness (QED) is 0.690. The summed E-state index contributed by atoms with van der Waals surface area (Å²) in [5.74, 6) is 1.42. The van der Waals surface area contributed by atoms with Crippen molar-refractivity contribution in [2.75, 3.05) is 6.61 Å². The van der Waals surface area contributed by atoms with E-state index >= 15 is 0 Å². The van der Waals surface area contributed by atoms with Gasteiger partial charge in [0.2, 0.25) is 0 Å². The van der Waals surface area contributed by atoms with Crippen LogP contribution >= 0.6 is 0 Å². The van der Waals surface area contributed by atoms with Crippen molar-refractivity contribution in [2.24, 2.45) is 23.2 Å². The molecule has 2 nitrogen and oxygen atoms in total. The molecule has 2 rings (SSSR count). The van der Waals surface area contributed by atoms with Gasteiger partial charge in [-0.2, -0.15) is 0 Å². The molecule has 0 amide bonds. The summed E-state index contributed by atoms with van der Waals surface area (Å²) in [5.41, 5.74) is 2.51. The number of hydrogen-bond acceptors (Lipinski definition) is 2. The maximum atomic E-state index is 10.5. The van der Waals surface area contributed by atoms with Gasteiger partial charge in [-0.05, 0) is 49.0 Å². The first-order valence-electron chi connectivity index (χ1n) is 6.88. The van der Waals surface area contributed by atoms with E-state index in [1.54, 1.807) is 0 Å². The van der Waals surface area contributed by atoms with Crippen LogP contribution in [-0.2, 0) is 0 Å². The second-order valence-corrected chi connectivity index (χ2v) is 6.77. The maximum Gasteiger partial charge on any atom is 0.0806 e. The molecule has 2 aliphatic rings. The normalized spacial score (nSPS) is 41.3. The Labute approximate surface area is 105 Å². The van der Waals surface area contributed by atoms with E-state index in [1.165, 1.54) is 17.6 Å². The van der Waals surface area contributed by atoms with Gasteiger partial charge in [-0.1, -0.05) is 26.3 Å². The fourth-order valence-corrected chi connectivity index (χ4v) is 3.77. The lowest BCUT2D eigenvalue weighted by Gasteiger charge is -2.24. The van der Waals surface area contributed by atoms with Crippen LogP contribution in [-0.4, -0.2) is 22.9 Å². The minimum atomic E-state index is -0.318. The Balaban J connectivity index is 2.44. The van der Waals surface area contributed by atoms with Gasteiger partial charge in [-0.25, -0.2) is 0 Å². The summed E-state index contributed by atoms with van der Waals surface area (Å²) in [4.78, 5) is 0. The Kier molecular flexibility index (Phi) is 3.39. The Hall–Kier alpha value is -0.340. The average Bonchev–Trinajstić information content (AvgIpc) is 2.43. The van der Waals surface area contributed by atoms with E-state index < -0.39 is 0 Å². The second kappa shape index (κ2) is 4.40. The Bertz CT molecular complexity index is 330. The largest absolute Gasteiger partial charge is 0.396 e. The molecule has 4 unspecified atom stereocenters. The monoisotopic (exact) mass is 238 g/mol. The minimum absolute atomic E-state index is 0.00708. The molecular weight excluding hydrogens is 212 g/mol. The van der Waals surface area contributed by atoms with Gasteiger partial charge >= 0.3 is 0 Å². The molecule has 0 aromatic rings. The van der Waals surface area contributed by atoms with Crippen molar-refractivity contribution in [3.05, 3.63) is 11.1 Å². The van der Waals surface area contributed by atoms with Crippen LogP contribution in [0.15, 0.2) is 11.1 Å². The predicted molar refractivity (Wildman–Crippen MR) is 69.6 cm³/mol. The topological polar surface area (TPSA) is 40.5 Å². The van der Waals surface area contributed by atoms with E-state index in [0.29, 0.717) is 11.8 Å². The lowest BCUT2D eigenvalue weighted by atomic mass is 9.84. The van der Waals surface area contributed by atoms with Crippen molar-refractivity contribution in [1.29, 1.82) is 0 Å².